The second kappa shape index (κ2) is 5.72. The fourth-order valence-electron chi connectivity index (χ4n) is 0.612. The molecule has 0 unspecified atom stereocenters. The van der Waals surface area contributed by atoms with E-state index >= 15 is 0 Å². The Hall–Kier alpha value is -0.410. The minimum atomic E-state index is -0.167. The molecule has 0 bridgehead atoms. The number of carbonyl (C=O) groups excluding carboxylic acids is 1. The highest BCUT2D eigenvalue weighted by molar-refractivity contribution is 5.53. The maximum absolute atomic E-state index is 10.1. The van der Waals surface area contributed by atoms with Crippen LogP contribution in [0.2, 0.25) is 0 Å². The largest absolute Gasteiger partial charge is 0.396 e. The second-order valence-electron chi connectivity index (χ2n) is 1.92. The number of aliphatic hydroxyl groups excluding tert-OH is 2. The van der Waals surface area contributed by atoms with Crippen molar-refractivity contribution in [3.63, 3.8) is 0 Å². The molecule has 0 rings (SSSR count). The van der Waals surface area contributed by atoms with Crippen LogP contribution in [0.1, 0.15) is 12.8 Å². The zero-order valence-electron chi connectivity index (χ0n) is 5.29. The molecule has 3 heteroatoms. The van der Waals surface area contributed by atoms with Crippen molar-refractivity contribution in [2.45, 2.75) is 12.8 Å². The first-order valence-corrected chi connectivity index (χ1v) is 3.02. The molecular formula is C6H12O3. The lowest BCUT2D eigenvalue weighted by Gasteiger charge is -2.03. The number of aliphatic hydroxyl groups is 2. The summed E-state index contributed by atoms with van der Waals surface area (Å²) in [5, 5.41) is 16.7. The number of hydrogen-bond donors (Lipinski definition) is 2. The van der Waals surface area contributed by atoms with Gasteiger partial charge in [-0.1, -0.05) is 0 Å². The SMILES string of the molecule is O=CC(CCO)CCO. The molecule has 0 amide bonds. The van der Waals surface area contributed by atoms with Crippen molar-refractivity contribution in [3.8, 4) is 0 Å². The summed E-state index contributed by atoms with van der Waals surface area (Å²) in [6.07, 6.45) is 1.70. The van der Waals surface area contributed by atoms with E-state index in [2.05, 4.69) is 0 Å². The molecular weight excluding hydrogens is 120 g/mol. The molecule has 0 atom stereocenters. The van der Waals surface area contributed by atoms with Crippen LogP contribution < -0.4 is 0 Å². The zero-order chi connectivity index (χ0) is 7.11. The van der Waals surface area contributed by atoms with Gasteiger partial charge in [0.15, 0.2) is 0 Å². The Morgan fingerprint density at radius 1 is 1.22 bits per heavy atom. The molecule has 0 aromatic heterocycles. The summed E-state index contributed by atoms with van der Waals surface area (Å²) < 4.78 is 0. The Kier molecular flexibility index (Phi) is 5.46. The van der Waals surface area contributed by atoms with E-state index in [0.717, 1.165) is 6.29 Å². The summed E-state index contributed by atoms with van der Waals surface area (Å²) in [6, 6.07) is 0. The van der Waals surface area contributed by atoms with E-state index in [0.29, 0.717) is 12.8 Å². The Bertz CT molecular complexity index is 66.7. The highest BCUT2D eigenvalue weighted by Crippen LogP contribution is 2.02. The van der Waals surface area contributed by atoms with Crippen LogP contribution in [-0.4, -0.2) is 29.7 Å². The molecule has 0 radical (unpaired) electrons. The van der Waals surface area contributed by atoms with Gasteiger partial charge in [0.1, 0.15) is 6.29 Å². The molecule has 0 spiro atoms. The van der Waals surface area contributed by atoms with Gasteiger partial charge >= 0.3 is 0 Å². The number of aldehydes is 1. The fraction of sp³-hybridized carbons (Fsp3) is 0.833. The van der Waals surface area contributed by atoms with E-state index < -0.39 is 0 Å². The predicted octanol–water partition coefficient (Wildman–Crippen LogP) is -0.434. The lowest BCUT2D eigenvalue weighted by atomic mass is 10.1. The summed E-state index contributed by atoms with van der Waals surface area (Å²) in [4.78, 5) is 10.1. The molecule has 54 valence electrons. The molecule has 2 N–H and O–H groups in total. The molecule has 0 heterocycles. The highest BCUT2D eigenvalue weighted by Gasteiger charge is 2.03. The van der Waals surface area contributed by atoms with E-state index in [4.69, 9.17) is 10.2 Å². The highest BCUT2D eigenvalue weighted by atomic mass is 16.3. The van der Waals surface area contributed by atoms with Crippen molar-refractivity contribution in [2.75, 3.05) is 13.2 Å². The second-order valence-corrected chi connectivity index (χ2v) is 1.92. The van der Waals surface area contributed by atoms with Crippen LogP contribution in [0.5, 0.6) is 0 Å². The van der Waals surface area contributed by atoms with Crippen LogP contribution in [0.4, 0.5) is 0 Å². The van der Waals surface area contributed by atoms with Gasteiger partial charge < -0.3 is 15.0 Å². The first-order chi connectivity index (χ1) is 4.35. The maximum atomic E-state index is 10.1. The van der Waals surface area contributed by atoms with Crippen molar-refractivity contribution in [1.29, 1.82) is 0 Å². The molecule has 0 aliphatic rings. The van der Waals surface area contributed by atoms with Gasteiger partial charge in [-0.3, -0.25) is 0 Å². The zero-order valence-corrected chi connectivity index (χ0v) is 5.29. The van der Waals surface area contributed by atoms with Crippen molar-refractivity contribution >= 4 is 6.29 Å². The molecule has 0 fully saturated rings. The Morgan fingerprint density at radius 3 is 1.89 bits per heavy atom. The summed E-state index contributed by atoms with van der Waals surface area (Å²) in [7, 11) is 0. The third kappa shape index (κ3) is 4.12. The van der Waals surface area contributed by atoms with Crippen molar-refractivity contribution < 1.29 is 15.0 Å². The fourth-order valence-corrected chi connectivity index (χ4v) is 0.612. The van der Waals surface area contributed by atoms with Gasteiger partial charge in [-0.2, -0.15) is 0 Å². The van der Waals surface area contributed by atoms with Crippen molar-refractivity contribution in [2.24, 2.45) is 5.92 Å². The minimum Gasteiger partial charge on any atom is -0.396 e. The van der Waals surface area contributed by atoms with Gasteiger partial charge in [0, 0.05) is 19.1 Å². The number of hydrogen-bond acceptors (Lipinski definition) is 3. The van der Waals surface area contributed by atoms with Crippen LogP contribution in [0, 0.1) is 5.92 Å². The molecule has 3 nitrogen and oxygen atoms in total. The van der Waals surface area contributed by atoms with E-state index in [-0.39, 0.29) is 19.1 Å². The molecule has 0 aromatic carbocycles. The van der Waals surface area contributed by atoms with Gasteiger partial charge in [0.25, 0.3) is 0 Å². The Balaban J connectivity index is 3.29. The average Bonchev–Trinajstić information content (AvgIpc) is 1.88. The first-order valence-electron chi connectivity index (χ1n) is 3.02. The molecule has 9 heavy (non-hydrogen) atoms. The van der Waals surface area contributed by atoms with Crippen molar-refractivity contribution in [3.05, 3.63) is 0 Å². The lowest BCUT2D eigenvalue weighted by Crippen LogP contribution is -2.06. The van der Waals surface area contributed by atoms with Crippen LogP contribution in [0.25, 0.3) is 0 Å². The van der Waals surface area contributed by atoms with Crippen molar-refractivity contribution in [1.82, 2.24) is 0 Å². The topological polar surface area (TPSA) is 57.5 Å². The van der Waals surface area contributed by atoms with Gasteiger partial charge in [0.2, 0.25) is 0 Å². The molecule has 0 saturated carbocycles. The summed E-state index contributed by atoms with van der Waals surface area (Å²) >= 11 is 0. The Morgan fingerprint density at radius 2 is 1.67 bits per heavy atom. The van der Waals surface area contributed by atoms with E-state index in [9.17, 15) is 4.79 Å². The lowest BCUT2D eigenvalue weighted by molar-refractivity contribution is -0.112. The van der Waals surface area contributed by atoms with Crippen LogP contribution >= 0.6 is 0 Å². The molecule has 0 aliphatic carbocycles. The third-order valence-corrected chi connectivity index (χ3v) is 1.19. The predicted molar refractivity (Wildman–Crippen MR) is 33.0 cm³/mol. The smallest absolute Gasteiger partial charge is 0.123 e. The van der Waals surface area contributed by atoms with Crippen LogP contribution in [0.3, 0.4) is 0 Å². The third-order valence-electron chi connectivity index (χ3n) is 1.19. The van der Waals surface area contributed by atoms with Crippen LogP contribution in [-0.2, 0) is 4.79 Å². The number of rotatable bonds is 5. The normalized spacial score (nSPS) is 10.1. The number of carbonyl (C=O) groups is 1. The minimum absolute atomic E-state index is 0.0173. The van der Waals surface area contributed by atoms with E-state index in [1.165, 1.54) is 0 Å². The van der Waals surface area contributed by atoms with E-state index in [1.54, 1.807) is 0 Å². The molecule has 0 saturated heterocycles. The van der Waals surface area contributed by atoms with E-state index in [1.807, 2.05) is 0 Å². The van der Waals surface area contributed by atoms with Gasteiger partial charge in [0.05, 0.1) is 0 Å². The first kappa shape index (κ1) is 8.59. The monoisotopic (exact) mass is 132 g/mol. The van der Waals surface area contributed by atoms with Gasteiger partial charge in [-0.05, 0) is 12.8 Å². The van der Waals surface area contributed by atoms with Gasteiger partial charge in [-0.15, -0.1) is 0 Å². The summed E-state index contributed by atoms with van der Waals surface area (Å²) in [6.45, 7) is 0.0345. The quantitative estimate of drug-likeness (QED) is 0.499. The van der Waals surface area contributed by atoms with Gasteiger partial charge in [-0.25, -0.2) is 0 Å². The molecule has 0 aliphatic heterocycles. The summed E-state index contributed by atoms with van der Waals surface area (Å²) in [5.41, 5.74) is 0. The van der Waals surface area contributed by atoms with Crippen LogP contribution in [0.15, 0.2) is 0 Å². The maximum Gasteiger partial charge on any atom is 0.123 e. The Labute approximate surface area is 54.3 Å². The molecule has 0 aromatic rings. The summed E-state index contributed by atoms with van der Waals surface area (Å²) in [5.74, 6) is -0.167. The average molecular weight is 132 g/mol. The standard InChI is InChI=1S/C6H12O3/c7-3-1-6(5-9)2-4-8/h5-8H,1-4H2.